The first-order valence-electron chi connectivity index (χ1n) is 9.36. The lowest BCUT2D eigenvalue weighted by Crippen LogP contribution is -2.27. The van der Waals surface area contributed by atoms with E-state index in [0.717, 1.165) is 33.6 Å². The minimum absolute atomic E-state index is 0.133. The number of imidazole rings is 1. The van der Waals surface area contributed by atoms with Crippen LogP contribution in [0.25, 0.3) is 11.0 Å². The van der Waals surface area contributed by atoms with Crippen molar-refractivity contribution in [1.29, 1.82) is 0 Å². The highest BCUT2D eigenvalue weighted by atomic mass is 79.9. The summed E-state index contributed by atoms with van der Waals surface area (Å²) in [7, 11) is 1.74. The number of hydrogen-bond donors (Lipinski definition) is 1. The number of para-hydroxylation sites is 3. The van der Waals surface area contributed by atoms with Crippen LogP contribution in [0.15, 0.2) is 77.3 Å². The highest BCUT2D eigenvalue weighted by Crippen LogP contribution is 2.43. The van der Waals surface area contributed by atoms with Gasteiger partial charge in [0.2, 0.25) is 5.95 Å². The molecule has 0 saturated heterocycles. The van der Waals surface area contributed by atoms with Crippen molar-refractivity contribution in [2.75, 3.05) is 12.4 Å². The van der Waals surface area contributed by atoms with Crippen molar-refractivity contribution >= 4 is 32.9 Å². The zero-order valence-corrected chi connectivity index (χ0v) is 17.1. The molecule has 0 radical (unpaired) electrons. The third-order valence-electron chi connectivity index (χ3n) is 5.44. The normalized spacial score (nSPS) is 18.5. The zero-order valence-electron chi connectivity index (χ0n) is 15.5. The van der Waals surface area contributed by atoms with E-state index in [9.17, 15) is 0 Å². The minimum atomic E-state index is 0.133. The fourth-order valence-electron chi connectivity index (χ4n) is 4.13. The maximum absolute atomic E-state index is 5.70. The fourth-order valence-corrected chi connectivity index (χ4v) is 4.39. The standard InChI is InChI=1S/C23H20BrN3O/c1-28-22-9-5-2-6-17(22)21-14-19(15-10-12-16(24)13-11-15)26-23-25-18-7-3-4-8-20(18)27(21)23/h2-13,19,21H,14H2,1H3,(H,25,26)/t19-,21-/m1/s1. The van der Waals surface area contributed by atoms with E-state index in [1.807, 2.05) is 18.2 Å². The van der Waals surface area contributed by atoms with E-state index < -0.39 is 0 Å². The number of methoxy groups -OCH3 is 1. The molecule has 3 aromatic carbocycles. The number of fused-ring (bicyclic) bond motifs is 3. The molecule has 2 atom stereocenters. The van der Waals surface area contributed by atoms with Crippen molar-refractivity contribution in [1.82, 2.24) is 9.55 Å². The van der Waals surface area contributed by atoms with Crippen molar-refractivity contribution in [2.24, 2.45) is 0 Å². The Morgan fingerprint density at radius 2 is 1.75 bits per heavy atom. The number of aromatic nitrogens is 2. The lowest BCUT2D eigenvalue weighted by Gasteiger charge is -2.34. The van der Waals surface area contributed by atoms with E-state index in [0.29, 0.717) is 0 Å². The molecule has 28 heavy (non-hydrogen) atoms. The highest BCUT2D eigenvalue weighted by molar-refractivity contribution is 9.10. The van der Waals surface area contributed by atoms with Crippen LogP contribution in [0.3, 0.4) is 0 Å². The lowest BCUT2D eigenvalue weighted by molar-refractivity contribution is 0.392. The molecule has 1 N–H and O–H groups in total. The van der Waals surface area contributed by atoms with Gasteiger partial charge < -0.3 is 14.6 Å². The molecular weight excluding hydrogens is 414 g/mol. The van der Waals surface area contributed by atoms with Gasteiger partial charge in [0, 0.05) is 10.0 Å². The van der Waals surface area contributed by atoms with Gasteiger partial charge in [0.1, 0.15) is 5.75 Å². The first-order valence-corrected chi connectivity index (χ1v) is 10.2. The van der Waals surface area contributed by atoms with Gasteiger partial charge in [-0.1, -0.05) is 58.4 Å². The van der Waals surface area contributed by atoms with Crippen molar-refractivity contribution in [3.8, 4) is 5.75 Å². The Balaban J connectivity index is 1.68. The van der Waals surface area contributed by atoms with Crippen molar-refractivity contribution in [3.05, 3.63) is 88.4 Å². The third-order valence-corrected chi connectivity index (χ3v) is 5.97. The van der Waals surface area contributed by atoms with Gasteiger partial charge >= 0.3 is 0 Å². The van der Waals surface area contributed by atoms with Gasteiger partial charge in [0.15, 0.2) is 0 Å². The van der Waals surface area contributed by atoms with E-state index in [1.54, 1.807) is 7.11 Å². The fraction of sp³-hybridized carbons (Fsp3) is 0.174. The molecule has 0 bridgehead atoms. The Morgan fingerprint density at radius 1 is 1.00 bits per heavy atom. The van der Waals surface area contributed by atoms with Crippen molar-refractivity contribution < 1.29 is 4.74 Å². The van der Waals surface area contributed by atoms with Gasteiger partial charge in [-0.2, -0.15) is 0 Å². The minimum Gasteiger partial charge on any atom is -0.496 e. The molecule has 0 saturated carbocycles. The molecule has 1 aliphatic heterocycles. The molecular formula is C23H20BrN3O. The van der Waals surface area contributed by atoms with Crippen LogP contribution in [0, 0.1) is 0 Å². The smallest absolute Gasteiger partial charge is 0.204 e. The number of benzene rings is 3. The predicted octanol–water partition coefficient (Wildman–Crippen LogP) is 5.95. The number of halogens is 1. The van der Waals surface area contributed by atoms with Gasteiger partial charge in [-0.25, -0.2) is 4.98 Å². The van der Waals surface area contributed by atoms with Crippen LogP contribution in [0.5, 0.6) is 5.75 Å². The number of nitrogens with one attached hydrogen (secondary N) is 1. The molecule has 5 rings (SSSR count). The summed E-state index contributed by atoms with van der Waals surface area (Å²) in [6.07, 6.45) is 0.912. The average Bonchev–Trinajstić information content (AvgIpc) is 3.12. The number of anilines is 1. The second-order valence-electron chi connectivity index (χ2n) is 7.04. The van der Waals surface area contributed by atoms with Crippen LogP contribution in [0.2, 0.25) is 0 Å². The molecule has 1 aliphatic rings. The zero-order chi connectivity index (χ0) is 19.1. The van der Waals surface area contributed by atoms with Crippen molar-refractivity contribution in [3.63, 3.8) is 0 Å². The lowest BCUT2D eigenvalue weighted by atomic mass is 9.92. The Kier molecular flexibility index (Phi) is 4.32. The van der Waals surface area contributed by atoms with E-state index in [1.165, 1.54) is 11.1 Å². The number of rotatable bonds is 3. The van der Waals surface area contributed by atoms with Gasteiger partial charge in [-0.05, 0) is 42.3 Å². The SMILES string of the molecule is COc1ccccc1[C@H]1C[C@H](c2ccc(Br)cc2)Nc2nc3ccccc3n21. The quantitative estimate of drug-likeness (QED) is 0.433. The third kappa shape index (κ3) is 2.87. The number of hydrogen-bond acceptors (Lipinski definition) is 3. The van der Waals surface area contributed by atoms with E-state index in [4.69, 9.17) is 9.72 Å². The predicted molar refractivity (Wildman–Crippen MR) is 116 cm³/mol. The molecule has 0 fully saturated rings. The summed E-state index contributed by atoms with van der Waals surface area (Å²) in [5.74, 6) is 1.81. The maximum atomic E-state index is 5.70. The van der Waals surface area contributed by atoms with Crippen LogP contribution in [0.1, 0.15) is 29.6 Å². The van der Waals surface area contributed by atoms with Crippen LogP contribution >= 0.6 is 15.9 Å². The van der Waals surface area contributed by atoms with E-state index in [-0.39, 0.29) is 12.1 Å². The summed E-state index contributed by atoms with van der Waals surface area (Å²) in [6, 6.07) is 25.4. The second-order valence-corrected chi connectivity index (χ2v) is 7.95. The molecule has 140 valence electrons. The monoisotopic (exact) mass is 433 g/mol. The summed E-state index contributed by atoms with van der Waals surface area (Å²) >= 11 is 3.53. The van der Waals surface area contributed by atoms with Gasteiger partial charge in [-0.15, -0.1) is 0 Å². The van der Waals surface area contributed by atoms with Gasteiger partial charge in [0.25, 0.3) is 0 Å². The molecule has 5 heteroatoms. The molecule has 1 aromatic heterocycles. The molecule has 0 spiro atoms. The maximum Gasteiger partial charge on any atom is 0.204 e. The highest BCUT2D eigenvalue weighted by Gasteiger charge is 2.32. The molecule has 0 aliphatic carbocycles. The van der Waals surface area contributed by atoms with Crippen LogP contribution in [-0.4, -0.2) is 16.7 Å². The van der Waals surface area contributed by atoms with Crippen molar-refractivity contribution in [2.45, 2.75) is 18.5 Å². The molecule has 2 heterocycles. The van der Waals surface area contributed by atoms with Gasteiger partial charge in [-0.3, -0.25) is 0 Å². The van der Waals surface area contributed by atoms with E-state index >= 15 is 0 Å². The second kappa shape index (κ2) is 6.99. The Hall–Kier alpha value is -2.79. The first kappa shape index (κ1) is 17.3. The molecule has 4 nitrogen and oxygen atoms in total. The summed E-state index contributed by atoms with van der Waals surface area (Å²) in [5, 5.41) is 3.66. The van der Waals surface area contributed by atoms with E-state index in [2.05, 4.69) is 80.4 Å². The first-order chi connectivity index (χ1) is 13.7. The van der Waals surface area contributed by atoms with Gasteiger partial charge in [0.05, 0.1) is 30.2 Å². The number of nitrogens with zero attached hydrogens (tertiary/aromatic N) is 2. The molecule has 0 unspecified atom stereocenters. The summed E-state index contributed by atoms with van der Waals surface area (Å²) in [4.78, 5) is 4.88. The summed E-state index contributed by atoms with van der Waals surface area (Å²) in [5.41, 5.74) is 4.57. The Bertz CT molecular complexity index is 1140. The number of ether oxygens (including phenoxy) is 1. The van der Waals surface area contributed by atoms with Crippen LogP contribution in [0.4, 0.5) is 5.95 Å². The summed E-state index contributed by atoms with van der Waals surface area (Å²) < 4.78 is 9.09. The molecule has 0 amide bonds. The Labute approximate surface area is 172 Å². The Morgan fingerprint density at radius 3 is 2.57 bits per heavy atom. The summed E-state index contributed by atoms with van der Waals surface area (Å²) in [6.45, 7) is 0. The van der Waals surface area contributed by atoms with Crippen LogP contribution < -0.4 is 10.1 Å². The largest absolute Gasteiger partial charge is 0.496 e. The average molecular weight is 434 g/mol. The molecule has 4 aromatic rings. The topological polar surface area (TPSA) is 39.1 Å². The van der Waals surface area contributed by atoms with Crippen LogP contribution in [-0.2, 0) is 0 Å².